The average Bonchev–Trinajstić information content (AvgIpc) is 3.44. The molecule has 0 radical (unpaired) electrons. The first-order valence-corrected chi connectivity index (χ1v) is 12.9. The fraction of sp³-hybridized carbons (Fsp3) is 0.125. The van der Waals surface area contributed by atoms with E-state index in [4.69, 9.17) is 0 Å². The molecule has 1 aliphatic carbocycles. The summed E-state index contributed by atoms with van der Waals surface area (Å²) in [6, 6.07) is 8.21. The number of halogens is 3. The molecule has 0 saturated heterocycles. The van der Waals surface area contributed by atoms with E-state index in [-0.39, 0.29) is 5.69 Å². The molecule has 0 aromatic carbocycles. The van der Waals surface area contributed by atoms with Gasteiger partial charge in [-0.2, -0.15) is 23.2 Å². The van der Waals surface area contributed by atoms with Gasteiger partial charge in [-0.1, -0.05) is 12.1 Å². The van der Waals surface area contributed by atoms with E-state index in [9.17, 15) is 26.9 Å². The van der Waals surface area contributed by atoms with E-state index < -0.39 is 27.1 Å². The second-order valence-corrected chi connectivity index (χ2v) is 10.6. The van der Waals surface area contributed by atoms with Crippen LogP contribution in [-0.4, -0.2) is 35.2 Å². The van der Waals surface area contributed by atoms with Crippen molar-refractivity contribution < 1.29 is 21.6 Å². The van der Waals surface area contributed by atoms with Crippen LogP contribution in [0.15, 0.2) is 71.2 Å². The highest BCUT2D eigenvalue weighted by Crippen LogP contribution is 2.38. The van der Waals surface area contributed by atoms with Crippen LogP contribution in [0.4, 0.5) is 13.2 Å². The number of nitriles is 1. The van der Waals surface area contributed by atoms with Crippen molar-refractivity contribution in [1.29, 1.82) is 5.26 Å². The predicted octanol–water partition coefficient (Wildman–Crippen LogP) is 5.34. The number of hydrogen-bond acceptors (Lipinski definition) is 6. The van der Waals surface area contributed by atoms with Gasteiger partial charge in [0, 0.05) is 33.9 Å². The van der Waals surface area contributed by atoms with Crippen LogP contribution in [0.2, 0.25) is 0 Å². The van der Waals surface area contributed by atoms with E-state index in [1.807, 2.05) is 41.8 Å². The highest BCUT2D eigenvalue weighted by molar-refractivity contribution is 7.89. The van der Waals surface area contributed by atoms with Gasteiger partial charge in [-0.25, -0.2) is 13.4 Å². The number of rotatable bonds is 6. The number of aromatic nitrogens is 3. The SMILES string of the molecule is CC(NS(=O)(=O)c1ccc(-c2c(C#N)c3cc(-c4cccs4)cnc3n2C2=CC=C2)nc1)C(F)(F)F. The molecule has 0 bridgehead atoms. The first-order valence-electron chi connectivity index (χ1n) is 10.5. The Kier molecular flexibility index (Phi) is 5.78. The van der Waals surface area contributed by atoms with Crippen molar-refractivity contribution in [2.75, 3.05) is 0 Å². The van der Waals surface area contributed by atoms with Gasteiger partial charge in [-0.15, -0.1) is 11.3 Å². The molecule has 4 aromatic heterocycles. The summed E-state index contributed by atoms with van der Waals surface area (Å²) in [6.07, 6.45) is 3.45. The minimum Gasteiger partial charge on any atom is -0.291 e. The van der Waals surface area contributed by atoms with Gasteiger partial charge in [0.25, 0.3) is 0 Å². The molecule has 1 N–H and O–H groups in total. The molecule has 4 heterocycles. The summed E-state index contributed by atoms with van der Waals surface area (Å²) < 4.78 is 66.8. The van der Waals surface area contributed by atoms with E-state index in [2.05, 4.69) is 16.0 Å². The molecular weight excluding hydrogens is 511 g/mol. The third kappa shape index (κ3) is 4.11. The number of alkyl halides is 3. The number of thiophene rings is 1. The van der Waals surface area contributed by atoms with Crippen LogP contribution in [0.25, 0.3) is 38.6 Å². The Morgan fingerprint density at radius 3 is 2.53 bits per heavy atom. The molecule has 182 valence electrons. The fourth-order valence-corrected chi connectivity index (χ4v) is 5.61. The van der Waals surface area contributed by atoms with Crippen LogP contribution in [0.5, 0.6) is 0 Å². The van der Waals surface area contributed by atoms with E-state index in [1.54, 1.807) is 15.5 Å². The molecule has 1 aliphatic rings. The first-order chi connectivity index (χ1) is 17.1. The molecule has 1 atom stereocenters. The number of pyridine rings is 2. The van der Waals surface area contributed by atoms with Crippen molar-refractivity contribution in [3.05, 3.63) is 71.9 Å². The van der Waals surface area contributed by atoms with Crippen molar-refractivity contribution in [3.8, 4) is 27.9 Å². The third-order valence-corrected chi connectivity index (χ3v) is 8.07. The third-order valence-electron chi connectivity index (χ3n) is 5.63. The van der Waals surface area contributed by atoms with Crippen molar-refractivity contribution in [1.82, 2.24) is 19.3 Å². The summed E-state index contributed by atoms with van der Waals surface area (Å²) >= 11 is 1.54. The lowest BCUT2D eigenvalue weighted by Gasteiger charge is -2.17. The lowest BCUT2D eigenvalue weighted by Crippen LogP contribution is -2.42. The molecule has 7 nitrogen and oxygen atoms in total. The fourth-order valence-electron chi connectivity index (χ4n) is 3.73. The zero-order valence-electron chi connectivity index (χ0n) is 18.5. The van der Waals surface area contributed by atoms with Crippen LogP contribution >= 0.6 is 11.3 Å². The van der Waals surface area contributed by atoms with E-state index in [0.717, 1.165) is 28.4 Å². The zero-order chi connectivity index (χ0) is 25.7. The Morgan fingerprint density at radius 2 is 1.97 bits per heavy atom. The Labute approximate surface area is 207 Å². The van der Waals surface area contributed by atoms with Crippen LogP contribution < -0.4 is 4.72 Å². The number of nitrogens with one attached hydrogen (secondary N) is 1. The Morgan fingerprint density at radius 1 is 1.19 bits per heavy atom. The molecule has 0 saturated carbocycles. The molecule has 0 amide bonds. The van der Waals surface area contributed by atoms with Gasteiger partial charge in [0.05, 0.1) is 17.0 Å². The number of hydrogen-bond donors (Lipinski definition) is 1. The monoisotopic (exact) mass is 527 g/mol. The standard InChI is InChI=1S/C24H16F3N5O2S2/c1-14(24(25,26)27)31-36(33,34)17-7-8-20(29-13-17)22-19(11-28)18-10-15(21-6-3-9-35-21)12-30-23(18)32(22)16-4-2-5-16/h2-10,12-14,31H,1H3. The maximum atomic E-state index is 12.9. The Hall–Kier alpha value is -3.79. The van der Waals surface area contributed by atoms with E-state index in [1.165, 1.54) is 17.4 Å². The minimum atomic E-state index is -4.73. The van der Waals surface area contributed by atoms with Crippen molar-refractivity contribution in [2.45, 2.75) is 24.0 Å². The van der Waals surface area contributed by atoms with Crippen LogP contribution in [0.3, 0.4) is 0 Å². The number of fused-ring (bicyclic) bond motifs is 1. The number of nitrogens with zero attached hydrogens (tertiary/aromatic N) is 4. The Bertz CT molecular complexity index is 1680. The molecular formula is C24H16F3N5O2S2. The second kappa shape index (κ2) is 8.70. The number of sulfonamides is 1. The highest BCUT2D eigenvalue weighted by Gasteiger charge is 2.39. The largest absolute Gasteiger partial charge is 0.404 e. The summed E-state index contributed by atoms with van der Waals surface area (Å²) in [6.45, 7) is 0.717. The second-order valence-electron chi connectivity index (χ2n) is 7.96. The molecule has 12 heteroatoms. The van der Waals surface area contributed by atoms with E-state index in [0.29, 0.717) is 29.2 Å². The maximum absolute atomic E-state index is 12.9. The molecule has 36 heavy (non-hydrogen) atoms. The Balaban J connectivity index is 1.62. The van der Waals surface area contributed by atoms with Gasteiger partial charge in [0.15, 0.2) is 0 Å². The summed E-state index contributed by atoms with van der Waals surface area (Å²) in [7, 11) is -4.47. The zero-order valence-corrected chi connectivity index (χ0v) is 20.1. The van der Waals surface area contributed by atoms with E-state index >= 15 is 0 Å². The molecule has 1 unspecified atom stereocenters. The maximum Gasteiger partial charge on any atom is 0.404 e. The molecule has 0 spiro atoms. The van der Waals surface area contributed by atoms with Gasteiger partial charge in [-0.05, 0) is 48.7 Å². The quantitative estimate of drug-likeness (QED) is 0.365. The van der Waals surface area contributed by atoms with Crippen LogP contribution in [-0.2, 0) is 10.0 Å². The van der Waals surface area contributed by atoms with Gasteiger partial charge in [0.2, 0.25) is 10.0 Å². The molecule has 4 aromatic rings. The van der Waals surface area contributed by atoms with Crippen molar-refractivity contribution in [2.24, 2.45) is 0 Å². The van der Waals surface area contributed by atoms with Gasteiger partial charge >= 0.3 is 6.18 Å². The van der Waals surface area contributed by atoms with Crippen LogP contribution in [0, 0.1) is 11.3 Å². The summed E-state index contributed by atoms with van der Waals surface area (Å²) in [5, 5.41) is 12.6. The predicted molar refractivity (Wildman–Crippen MR) is 130 cm³/mol. The van der Waals surface area contributed by atoms with Crippen molar-refractivity contribution >= 4 is 38.1 Å². The summed E-state index contributed by atoms with van der Waals surface area (Å²) in [5.74, 6) is 0. The number of allylic oxidation sites excluding steroid dienone is 4. The van der Waals surface area contributed by atoms with Gasteiger partial charge in [-0.3, -0.25) is 9.55 Å². The molecule has 0 fully saturated rings. The summed E-state index contributed by atoms with van der Waals surface area (Å²) in [5.41, 5.74) is 3.09. The first kappa shape index (κ1) is 23.9. The topological polar surface area (TPSA) is 101 Å². The summed E-state index contributed by atoms with van der Waals surface area (Å²) in [4.78, 5) is 9.38. The highest BCUT2D eigenvalue weighted by atomic mass is 32.2. The minimum absolute atomic E-state index is 0.270. The lowest BCUT2D eigenvalue weighted by atomic mass is 10.1. The average molecular weight is 528 g/mol. The van der Waals surface area contributed by atoms with Crippen LogP contribution in [0.1, 0.15) is 12.5 Å². The lowest BCUT2D eigenvalue weighted by molar-refractivity contribution is -0.147. The normalized spacial score (nSPS) is 14.4. The molecule has 5 rings (SSSR count). The smallest absolute Gasteiger partial charge is 0.291 e. The van der Waals surface area contributed by atoms with Gasteiger partial charge in [0.1, 0.15) is 22.7 Å². The molecule has 0 aliphatic heterocycles. The van der Waals surface area contributed by atoms with Crippen molar-refractivity contribution in [3.63, 3.8) is 0 Å². The van der Waals surface area contributed by atoms with Gasteiger partial charge < -0.3 is 0 Å².